The highest BCUT2D eigenvalue weighted by atomic mass is 19.4. The lowest BCUT2D eigenvalue weighted by molar-refractivity contribution is -0.136. The molecule has 0 saturated carbocycles. The van der Waals surface area contributed by atoms with Crippen LogP contribution in [0.4, 0.5) is 24.5 Å². The van der Waals surface area contributed by atoms with Gasteiger partial charge in [0.05, 0.1) is 16.6 Å². The monoisotopic (exact) mass is 387 g/mol. The summed E-state index contributed by atoms with van der Waals surface area (Å²) in [6.07, 6.45) is -3.81. The summed E-state index contributed by atoms with van der Waals surface area (Å²) in [6.45, 7) is 3.09. The van der Waals surface area contributed by atoms with Gasteiger partial charge in [-0.15, -0.1) is 0 Å². The minimum atomic E-state index is -4.73. The van der Waals surface area contributed by atoms with E-state index in [1.807, 2.05) is 0 Å². The molecule has 0 atom stereocenters. The summed E-state index contributed by atoms with van der Waals surface area (Å²) < 4.78 is 41.0. The van der Waals surface area contributed by atoms with Crippen molar-refractivity contribution in [1.29, 1.82) is 0 Å². The van der Waals surface area contributed by atoms with Gasteiger partial charge < -0.3 is 10.6 Å². The zero-order valence-corrected chi connectivity index (χ0v) is 15.0. The molecule has 3 rings (SSSR count). The number of halogens is 3. The molecule has 0 saturated heterocycles. The van der Waals surface area contributed by atoms with E-state index in [0.29, 0.717) is 5.69 Å². The Morgan fingerprint density at radius 1 is 1.04 bits per heavy atom. The zero-order valence-electron chi connectivity index (χ0n) is 15.0. The molecule has 0 aliphatic rings. The van der Waals surface area contributed by atoms with Crippen molar-refractivity contribution < 1.29 is 22.8 Å². The van der Waals surface area contributed by atoms with Gasteiger partial charge in [0.1, 0.15) is 0 Å². The third-order valence-corrected chi connectivity index (χ3v) is 4.11. The highest BCUT2D eigenvalue weighted by Crippen LogP contribution is 2.37. The van der Waals surface area contributed by atoms with Gasteiger partial charge in [-0.05, 0) is 30.7 Å². The first-order valence-corrected chi connectivity index (χ1v) is 8.31. The van der Waals surface area contributed by atoms with E-state index in [4.69, 9.17) is 0 Å². The Morgan fingerprint density at radius 2 is 1.75 bits per heavy atom. The molecule has 0 spiro atoms. The van der Waals surface area contributed by atoms with Crippen LogP contribution in [0, 0.1) is 6.92 Å². The number of nitrogens with zero attached hydrogens (tertiary/aromatic N) is 1. The number of anilines is 2. The second-order valence-corrected chi connectivity index (χ2v) is 6.23. The number of rotatable bonds is 3. The Labute approximate surface area is 158 Å². The third kappa shape index (κ3) is 3.95. The fourth-order valence-corrected chi connectivity index (χ4v) is 2.84. The van der Waals surface area contributed by atoms with Crippen LogP contribution in [0.25, 0.3) is 10.9 Å². The normalized spacial score (nSPS) is 11.3. The van der Waals surface area contributed by atoms with Crippen LogP contribution in [-0.2, 0) is 11.0 Å². The molecule has 2 aromatic carbocycles. The van der Waals surface area contributed by atoms with Crippen LogP contribution in [0.1, 0.15) is 28.4 Å². The summed E-state index contributed by atoms with van der Waals surface area (Å²) >= 11 is 0. The number of carbonyl (C=O) groups is 2. The van der Waals surface area contributed by atoms with Gasteiger partial charge >= 0.3 is 6.18 Å². The maximum atomic E-state index is 13.7. The number of pyridine rings is 1. The maximum Gasteiger partial charge on any atom is 0.417 e. The fraction of sp³-hybridized carbons (Fsp3) is 0.150. The molecular formula is C20H16F3N3O2. The molecule has 5 nitrogen and oxygen atoms in total. The number of fused-ring (bicyclic) bond motifs is 1. The summed E-state index contributed by atoms with van der Waals surface area (Å²) in [5.74, 6) is -1.24. The number of hydrogen-bond donors (Lipinski definition) is 2. The average molecular weight is 387 g/mol. The lowest BCUT2D eigenvalue weighted by Gasteiger charge is -2.16. The van der Waals surface area contributed by atoms with E-state index in [2.05, 4.69) is 15.6 Å². The largest absolute Gasteiger partial charge is 0.417 e. The summed E-state index contributed by atoms with van der Waals surface area (Å²) in [7, 11) is 0. The van der Waals surface area contributed by atoms with Crippen molar-refractivity contribution in [1.82, 2.24) is 4.98 Å². The second-order valence-electron chi connectivity index (χ2n) is 6.23. The topological polar surface area (TPSA) is 71.1 Å². The molecule has 2 amide bonds. The van der Waals surface area contributed by atoms with Crippen molar-refractivity contribution in [3.05, 3.63) is 65.4 Å². The van der Waals surface area contributed by atoms with Crippen molar-refractivity contribution >= 4 is 34.1 Å². The van der Waals surface area contributed by atoms with Crippen LogP contribution >= 0.6 is 0 Å². The molecule has 0 fully saturated rings. The van der Waals surface area contributed by atoms with Crippen LogP contribution < -0.4 is 10.6 Å². The first-order chi connectivity index (χ1) is 13.2. The quantitative estimate of drug-likeness (QED) is 0.680. The molecule has 0 radical (unpaired) electrons. The molecule has 1 aromatic heterocycles. The Hall–Kier alpha value is -3.42. The number of aryl methyl sites for hydroxylation is 1. The number of amides is 2. The Kier molecular flexibility index (Phi) is 5.04. The van der Waals surface area contributed by atoms with Gasteiger partial charge in [0.25, 0.3) is 5.91 Å². The second kappa shape index (κ2) is 7.30. The van der Waals surface area contributed by atoms with Crippen molar-refractivity contribution in [2.24, 2.45) is 0 Å². The van der Waals surface area contributed by atoms with Crippen LogP contribution in [0.2, 0.25) is 0 Å². The molecule has 0 aliphatic heterocycles. The molecule has 0 bridgehead atoms. The van der Waals surface area contributed by atoms with Crippen molar-refractivity contribution in [2.75, 3.05) is 10.6 Å². The van der Waals surface area contributed by atoms with Gasteiger partial charge in [0.2, 0.25) is 5.91 Å². The number of nitrogens with one attached hydrogen (secondary N) is 2. The van der Waals surface area contributed by atoms with Gasteiger partial charge in [-0.3, -0.25) is 14.6 Å². The van der Waals surface area contributed by atoms with Crippen LogP contribution in [-0.4, -0.2) is 16.8 Å². The predicted octanol–water partition coefficient (Wildman–Crippen LogP) is 4.77. The molecule has 1 heterocycles. The first-order valence-electron chi connectivity index (χ1n) is 8.31. The molecule has 3 aromatic rings. The summed E-state index contributed by atoms with van der Waals surface area (Å²) in [4.78, 5) is 27.8. The van der Waals surface area contributed by atoms with Crippen molar-refractivity contribution in [3.8, 4) is 0 Å². The number of aromatic nitrogens is 1. The predicted molar refractivity (Wildman–Crippen MR) is 100 cm³/mol. The molecule has 2 N–H and O–H groups in total. The molecule has 0 unspecified atom stereocenters. The van der Waals surface area contributed by atoms with E-state index >= 15 is 0 Å². The Bertz CT molecular complexity index is 1080. The maximum absolute atomic E-state index is 13.7. The lowest BCUT2D eigenvalue weighted by atomic mass is 10.0. The van der Waals surface area contributed by atoms with E-state index in [9.17, 15) is 22.8 Å². The smallest absolute Gasteiger partial charge is 0.326 e. The standard InChI is InChI=1S/C20H16F3N3O2/c1-11-7-8-13(9-17(11)25-12(2)27)26-19(28)15-10-24-16-6-4-3-5-14(16)18(15)20(21,22)23/h3-10H,1-2H3,(H,25,27)(H,26,28). The molecule has 0 aliphatic carbocycles. The minimum Gasteiger partial charge on any atom is -0.326 e. The SMILES string of the molecule is CC(=O)Nc1cc(NC(=O)c2cnc3ccccc3c2C(F)(F)F)ccc1C. The van der Waals surface area contributed by atoms with Gasteiger partial charge in [0.15, 0.2) is 0 Å². The van der Waals surface area contributed by atoms with Crippen molar-refractivity contribution in [3.63, 3.8) is 0 Å². The van der Waals surface area contributed by atoms with Gasteiger partial charge in [0, 0.05) is 29.9 Å². The van der Waals surface area contributed by atoms with E-state index in [1.54, 1.807) is 25.1 Å². The molecule has 144 valence electrons. The molecule has 28 heavy (non-hydrogen) atoms. The highest BCUT2D eigenvalue weighted by Gasteiger charge is 2.37. The Morgan fingerprint density at radius 3 is 2.43 bits per heavy atom. The number of alkyl halides is 3. The van der Waals surface area contributed by atoms with Gasteiger partial charge in [-0.2, -0.15) is 13.2 Å². The van der Waals surface area contributed by atoms with Gasteiger partial charge in [-0.25, -0.2) is 0 Å². The molecule has 8 heteroatoms. The third-order valence-electron chi connectivity index (χ3n) is 4.11. The molecular weight excluding hydrogens is 371 g/mol. The fourth-order valence-electron chi connectivity index (χ4n) is 2.84. The average Bonchev–Trinajstić information content (AvgIpc) is 2.62. The summed E-state index contributed by atoms with van der Waals surface area (Å²) in [6, 6.07) is 10.4. The van der Waals surface area contributed by atoms with E-state index in [0.717, 1.165) is 11.8 Å². The van der Waals surface area contributed by atoms with Crippen LogP contribution in [0.3, 0.4) is 0 Å². The van der Waals surface area contributed by atoms with E-state index in [1.165, 1.54) is 31.2 Å². The van der Waals surface area contributed by atoms with E-state index < -0.39 is 23.2 Å². The van der Waals surface area contributed by atoms with E-state index in [-0.39, 0.29) is 22.5 Å². The summed E-state index contributed by atoms with van der Waals surface area (Å²) in [5.41, 5.74) is -0.0116. The van der Waals surface area contributed by atoms with Crippen LogP contribution in [0.15, 0.2) is 48.7 Å². The zero-order chi connectivity index (χ0) is 20.5. The summed E-state index contributed by atoms with van der Waals surface area (Å²) in [5, 5.41) is 4.90. The first kappa shape index (κ1) is 19.3. The lowest BCUT2D eigenvalue weighted by Crippen LogP contribution is -2.20. The van der Waals surface area contributed by atoms with Gasteiger partial charge in [-0.1, -0.05) is 24.3 Å². The van der Waals surface area contributed by atoms with Crippen LogP contribution in [0.5, 0.6) is 0 Å². The number of carbonyl (C=O) groups excluding carboxylic acids is 2. The minimum absolute atomic E-state index is 0.148. The highest BCUT2D eigenvalue weighted by molar-refractivity contribution is 6.08. The Balaban J connectivity index is 2.02. The number of para-hydroxylation sites is 1. The number of hydrogen-bond acceptors (Lipinski definition) is 3. The number of benzene rings is 2. The van der Waals surface area contributed by atoms with Crippen molar-refractivity contribution in [2.45, 2.75) is 20.0 Å².